The standard InChI is InChI=1S/C14H22N2O2S/c1-3-4-8-18-9-7-16-13(12-6-5-10-19-12)15-11(2)14(16)17/h5-6,10-11,13,15H,3-4,7-9H2,1-2H3. The largest absolute Gasteiger partial charge is 0.380 e. The molecule has 1 fully saturated rings. The minimum atomic E-state index is -0.109. The Hall–Kier alpha value is -0.910. The van der Waals surface area contributed by atoms with Gasteiger partial charge in [0.15, 0.2) is 0 Å². The van der Waals surface area contributed by atoms with E-state index in [0.717, 1.165) is 19.4 Å². The van der Waals surface area contributed by atoms with Crippen LogP contribution in [0.4, 0.5) is 0 Å². The predicted octanol–water partition coefficient (Wildman–Crippen LogP) is 2.38. The molecule has 0 bridgehead atoms. The van der Waals surface area contributed by atoms with Crippen molar-refractivity contribution in [3.8, 4) is 0 Å². The summed E-state index contributed by atoms with van der Waals surface area (Å²) in [5.74, 6) is 0.164. The highest BCUT2D eigenvalue weighted by molar-refractivity contribution is 7.10. The maximum absolute atomic E-state index is 12.1. The SMILES string of the molecule is CCCCOCCN1C(=O)C(C)NC1c1cccs1. The number of carbonyl (C=O) groups excluding carboxylic acids is 1. The van der Waals surface area contributed by atoms with Gasteiger partial charge in [-0.25, -0.2) is 0 Å². The van der Waals surface area contributed by atoms with Gasteiger partial charge in [-0.15, -0.1) is 11.3 Å². The molecule has 0 aliphatic carbocycles. The van der Waals surface area contributed by atoms with Crippen LogP contribution >= 0.6 is 11.3 Å². The Morgan fingerprint density at radius 1 is 1.47 bits per heavy atom. The number of hydrogen-bond donors (Lipinski definition) is 1. The molecule has 2 atom stereocenters. The fourth-order valence-electron chi connectivity index (χ4n) is 2.21. The zero-order valence-electron chi connectivity index (χ0n) is 11.6. The summed E-state index contributed by atoms with van der Waals surface area (Å²) >= 11 is 1.68. The zero-order valence-corrected chi connectivity index (χ0v) is 12.4. The maximum Gasteiger partial charge on any atom is 0.241 e. The van der Waals surface area contributed by atoms with E-state index in [1.807, 2.05) is 23.3 Å². The average molecular weight is 282 g/mol. The monoisotopic (exact) mass is 282 g/mol. The second kappa shape index (κ2) is 7.03. The fourth-order valence-corrected chi connectivity index (χ4v) is 3.00. The Bertz CT molecular complexity index is 394. The molecule has 1 N–H and O–H groups in total. The van der Waals surface area contributed by atoms with Crippen molar-refractivity contribution >= 4 is 17.2 Å². The number of unbranched alkanes of at least 4 members (excludes halogenated alkanes) is 1. The molecule has 2 rings (SSSR count). The van der Waals surface area contributed by atoms with Crippen molar-refractivity contribution in [3.63, 3.8) is 0 Å². The van der Waals surface area contributed by atoms with Crippen LogP contribution in [0.5, 0.6) is 0 Å². The molecule has 0 radical (unpaired) electrons. The lowest BCUT2D eigenvalue weighted by Crippen LogP contribution is -2.33. The van der Waals surface area contributed by atoms with E-state index in [1.165, 1.54) is 4.88 Å². The number of ether oxygens (including phenoxy) is 1. The Labute approximate surface area is 118 Å². The van der Waals surface area contributed by atoms with E-state index >= 15 is 0 Å². The van der Waals surface area contributed by atoms with Crippen LogP contribution in [0.2, 0.25) is 0 Å². The Morgan fingerprint density at radius 3 is 3.00 bits per heavy atom. The molecule has 106 valence electrons. The van der Waals surface area contributed by atoms with Crippen LogP contribution in [0.3, 0.4) is 0 Å². The lowest BCUT2D eigenvalue weighted by Gasteiger charge is -2.23. The molecule has 0 saturated carbocycles. The topological polar surface area (TPSA) is 41.6 Å². The highest BCUT2D eigenvalue weighted by Crippen LogP contribution is 2.28. The first kappa shape index (κ1) is 14.5. The summed E-state index contributed by atoms with van der Waals surface area (Å²) in [6.45, 7) is 6.11. The van der Waals surface area contributed by atoms with Gasteiger partial charge >= 0.3 is 0 Å². The molecule has 19 heavy (non-hydrogen) atoms. The summed E-state index contributed by atoms with van der Waals surface area (Å²) in [7, 11) is 0. The number of carbonyl (C=O) groups is 1. The summed E-state index contributed by atoms with van der Waals surface area (Å²) in [6.07, 6.45) is 2.23. The van der Waals surface area contributed by atoms with E-state index in [1.54, 1.807) is 11.3 Å². The smallest absolute Gasteiger partial charge is 0.241 e. The van der Waals surface area contributed by atoms with Crippen LogP contribution in [0, 0.1) is 0 Å². The van der Waals surface area contributed by atoms with Gasteiger partial charge in [0.25, 0.3) is 0 Å². The molecular formula is C14H22N2O2S. The maximum atomic E-state index is 12.1. The van der Waals surface area contributed by atoms with Gasteiger partial charge in [-0.05, 0) is 24.8 Å². The number of thiophene rings is 1. The molecule has 2 heterocycles. The Morgan fingerprint density at radius 2 is 2.32 bits per heavy atom. The molecule has 0 spiro atoms. The molecule has 5 heteroatoms. The van der Waals surface area contributed by atoms with Crippen molar-refractivity contribution in [2.45, 2.75) is 38.9 Å². The van der Waals surface area contributed by atoms with E-state index in [2.05, 4.69) is 18.3 Å². The van der Waals surface area contributed by atoms with Gasteiger partial charge in [0, 0.05) is 18.0 Å². The highest BCUT2D eigenvalue weighted by Gasteiger charge is 2.37. The van der Waals surface area contributed by atoms with E-state index < -0.39 is 0 Å². The van der Waals surface area contributed by atoms with E-state index in [9.17, 15) is 4.79 Å². The molecule has 1 aliphatic rings. The van der Waals surface area contributed by atoms with Crippen LogP contribution in [0.1, 0.15) is 37.7 Å². The normalized spacial score (nSPS) is 23.3. The van der Waals surface area contributed by atoms with E-state index in [4.69, 9.17) is 4.74 Å². The first-order valence-corrected chi connectivity index (χ1v) is 7.79. The Balaban J connectivity index is 1.89. The van der Waals surface area contributed by atoms with Crippen molar-refractivity contribution in [1.82, 2.24) is 10.2 Å². The van der Waals surface area contributed by atoms with Crippen molar-refractivity contribution in [2.75, 3.05) is 19.8 Å². The highest BCUT2D eigenvalue weighted by atomic mass is 32.1. The molecule has 4 nitrogen and oxygen atoms in total. The third-order valence-corrected chi connectivity index (χ3v) is 4.23. The number of hydrogen-bond acceptors (Lipinski definition) is 4. The number of nitrogens with zero attached hydrogens (tertiary/aromatic N) is 1. The first-order chi connectivity index (χ1) is 9.24. The molecule has 1 aromatic heterocycles. The molecule has 1 saturated heterocycles. The van der Waals surface area contributed by atoms with Crippen molar-refractivity contribution in [3.05, 3.63) is 22.4 Å². The average Bonchev–Trinajstić information content (AvgIpc) is 3.01. The number of rotatable bonds is 7. The molecule has 0 aromatic carbocycles. The summed E-state index contributed by atoms with van der Waals surface area (Å²) in [5.41, 5.74) is 0. The van der Waals surface area contributed by atoms with Gasteiger partial charge in [-0.1, -0.05) is 19.4 Å². The van der Waals surface area contributed by atoms with Crippen LogP contribution in [-0.2, 0) is 9.53 Å². The van der Waals surface area contributed by atoms with Crippen molar-refractivity contribution in [1.29, 1.82) is 0 Å². The van der Waals surface area contributed by atoms with Gasteiger partial charge in [-0.2, -0.15) is 0 Å². The molecule has 1 amide bonds. The number of amides is 1. The van der Waals surface area contributed by atoms with Crippen LogP contribution in [-0.4, -0.2) is 36.6 Å². The van der Waals surface area contributed by atoms with Gasteiger partial charge < -0.3 is 9.64 Å². The fraction of sp³-hybridized carbons (Fsp3) is 0.643. The summed E-state index contributed by atoms with van der Waals surface area (Å²) in [6, 6.07) is 3.98. The van der Waals surface area contributed by atoms with Crippen LogP contribution < -0.4 is 5.32 Å². The quantitative estimate of drug-likeness (QED) is 0.781. The second-order valence-electron chi connectivity index (χ2n) is 4.80. The molecule has 2 unspecified atom stereocenters. The lowest BCUT2D eigenvalue weighted by atomic mass is 10.3. The van der Waals surface area contributed by atoms with Gasteiger partial charge in [0.1, 0.15) is 6.17 Å². The molecular weight excluding hydrogens is 260 g/mol. The summed E-state index contributed by atoms with van der Waals surface area (Å²) < 4.78 is 5.57. The third-order valence-electron chi connectivity index (χ3n) is 3.30. The number of nitrogens with one attached hydrogen (secondary N) is 1. The van der Waals surface area contributed by atoms with Crippen LogP contribution in [0.25, 0.3) is 0 Å². The first-order valence-electron chi connectivity index (χ1n) is 6.91. The van der Waals surface area contributed by atoms with E-state index in [-0.39, 0.29) is 18.1 Å². The third kappa shape index (κ3) is 3.55. The van der Waals surface area contributed by atoms with Crippen molar-refractivity contribution in [2.24, 2.45) is 0 Å². The summed E-state index contributed by atoms with van der Waals surface area (Å²) in [5, 5.41) is 5.38. The van der Waals surface area contributed by atoms with Gasteiger partial charge in [-0.3, -0.25) is 10.1 Å². The van der Waals surface area contributed by atoms with Crippen LogP contribution in [0.15, 0.2) is 17.5 Å². The zero-order chi connectivity index (χ0) is 13.7. The van der Waals surface area contributed by atoms with Gasteiger partial charge in [0.05, 0.1) is 12.6 Å². The van der Waals surface area contributed by atoms with Crippen molar-refractivity contribution < 1.29 is 9.53 Å². The second-order valence-corrected chi connectivity index (χ2v) is 5.78. The minimum absolute atomic E-state index is 0.0114. The Kier molecular flexibility index (Phi) is 5.36. The molecule has 1 aromatic rings. The molecule has 1 aliphatic heterocycles. The summed E-state index contributed by atoms with van der Waals surface area (Å²) in [4.78, 5) is 15.2. The predicted molar refractivity (Wildman–Crippen MR) is 77.1 cm³/mol. The van der Waals surface area contributed by atoms with E-state index in [0.29, 0.717) is 13.2 Å². The van der Waals surface area contributed by atoms with Gasteiger partial charge in [0.2, 0.25) is 5.91 Å². The lowest BCUT2D eigenvalue weighted by molar-refractivity contribution is -0.130. The minimum Gasteiger partial charge on any atom is -0.380 e.